The number of pyridine rings is 1. The second-order valence-corrected chi connectivity index (χ2v) is 7.00. The van der Waals surface area contributed by atoms with Crippen LogP contribution in [0, 0.1) is 11.3 Å². The second kappa shape index (κ2) is 6.50. The molecular formula is C21H17N5O2. The molecule has 1 aliphatic heterocycles. The van der Waals surface area contributed by atoms with Crippen LogP contribution in [0.15, 0.2) is 47.2 Å². The molecule has 1 aliphatic rings. The first-order valence-electron chi connectivity index (χ1n) is 9.31. The fraction of sp³-hybridized carbons (Fsp3) is 0.238. The lowest BCUT2D eigenvalue weighted by atomic mass is 10.1. The molecule has 5 rings (SSSR count). The topological polar surface area (TPSA) is 87.4 Å². The molecule has 0 atom stereocenters. The molecule has 0 spiro atoms. The van der Waals surface area contributed by atoms with E-state index in [4.69, 9.17) is 9.78 Å². The molecule has 28 heavy (non-hydrogen) atoms. The molecular weight excluding hydrogens is 354 g/mol. The zero-order chi connectivity index (χ0) is 19.1. The van der Waals surface area contributed by atoms with Gasteiger partial charge in [-0.3, -0.25) is 9.20 Å². The maximum atomic E-state index is 12.7. The summed E-state index contributed by atoms with van der Waals surface area (Å²) in [5.41, 5.74) is 3.80. The van der Waals surface area contributed by atoms with Gasteiger partial charge in [0, 0.05) is 24.8 Å². The number of carbonyl (C=O) groups is 1. The van der Waals surface area contributed by atoms with Gasteiger partial charge in [0.1, 0.15) is 17.4 Å². The fourth-order valence-corrected chi connectivity index (χ4v) is 3.76. The number of fused-ring (bicyclic) bond motifs is 2. The Balaban J connectivity index is 1.56. The van der Waals surface area contributed by atoms with Crippen LogP contribution in [0.25, 0.3) is 28.0 Å². The highest BCUT2D eigenvalue weighted by atomic mass is 16.5. The van der Waals surface area contributed by atoms with E-state index in [1.165, 1.54) is 6.42 Å². The van der Waals surface area contributed by atoms with Crippen LogP contribution in [0.3, 0.4) is 0 Å². The molecule has 0 N–H and O–H groups in total. The lowest BCUT2D eigenvalue weighted by Crippen LogP contribution is -2.35. The number of nitriles is 1. The smallest absolute Gasteiger partial charge is 0.253 e. The second-order valence-electron chi connectivity index (χ2n) is 7.00. The van der Waals surface area contributed by atoms with Gasteiger partial charge in [-0.15, -0.1) is 0 Å². The monoisotopic (exact) mass is 371 g/mol. The highest BCUT2D eigenvalue weighted by Gasteiger charge is 2.21. The van der Waals surface area contributed by atoms with Crippen molar-refractivity contribution in [2.75, 3.05) is 13.1 Å². The van der Waals surface area contributed by atoms with Crippen molar-refractivity contribution in [1.82, 2.24) is 19.4 Å². The van der Waals surface area contributed by atoms with Gasteiger partial charge in [-0.05, 0) is 49.6 Å². The minimum Gasteiger partial charge on any atom is -0.356 e. The highest BCUT2D eigenvalue weighted by Crippen LogP contribution is 2.30. The van der Waals surface area contributed by atoms with Crippen LogP contribution in [0.2, 0.25) is 0 Å². The third-order valence-electron chi connectivity index (χ3n) is 5.24. The van der Waals surface area contributed by atoms with Crippen molar-refractivity contribution in [3.63, 3.8) is 0 Å². The maximum absolute atomic E-state index is 12.7. The summed E-state index contributed by atoms with van der Waals surface area (Å²) in [5, 5.41) is 14.2. The van der Waals surface area contributed by atoms with Crippen LogP contribution < -0.4 is 0 Å². The number of aromatic nitrogens is 3. The molecule has 0 bridgehead atoms. The Hall–Kier alpha value is -3.66. The molecule has 0 saturated carbocycles. The van der Waals surface area contributed by atoms with E-state index in [1.54, 1.807) is 30.6 Å². The summed E-state index contributed by atoms with van der Waals surface area (Å²) in [4.78, 5) is 19.0. The largest absolute Gasteiger partial charge is 0.356 e. The fourth-order valence-electron chi connectivity index (χ4n) is 3.76. The normalized spacial score (nSPS) is 14.5. The zero-order valence-electron chi connectivity index (χ0n) is 15.1. The molecule has 1 aromatic carbocycles. The van der Waals surface area contributed by atoms with Gasteiger partial charge in [-0.2, -0.15) is 5.26 Å². The molecule has 7 nitrogen and oxygen atoms in total. The molecule has 4 aromatic rings. The molecule has 138 valence electrons. The molecule has 0 unspecified atom stereocenters. The Morgan fingerprint density at radius 1 is 1.14 bits per heavy atom. The lowest BCUT2D eigenvalue weighted by molar-refractivity contribution is 0.0724. The van der Waals surface area contributed by atoms with Crippen molar-refractivity contribution in [3.05, 3.63) is 53.9 Å². The van der Waals surface area contributed by atoms with Crippen molar-refractivity contribution in [2.45, 2.75) is 19.3 Å². The molecule has 1 amide bonds. The van der Waals surface area contributed by atoms with Crippen LogP contribution in [-0.4, -0.2) is 38.4 Å². The predicted molar refractivity (Wildman–Crippen MR) is 103 cm³/mol. The van der Waals surface area contributed by atoms with Gasteiger partial charge in [-0.1, -0.05) is 5.16 Å². The molecule has 7 heteroatoms. The number of imidazole rings is 1. The molecule has 3 aromatic heterocycles. The van der Waals surface area contributed by atoms with Crippen LogP contribution in [0.5, 0.6) is 0 Å². The standard InChI is InChI=1S/C21H17N5O2/c22-11-14-4-7-19-23-12-17(26(19)13-14)20-16-6-5-15(10-18(16)28-24-20)21(27)25-8-2-1-3-9-25/h4-7,10,12-13H,1-3,8-9H2. The summed E-state index contributed by atoms with van der Waals surface area (Å²) in [5.74, 6) is 0.0352. The third-order valence-corrected chi connectivity index (χ3v) is 5.24. The van der Waals surface area contributed by atoms with E-state index in [1.807, 2.05) is 21.4 Å². The van der Waals surface area contributed by atoms with Crippen LogP contribution in [-0.2, 0) is 0 Å². The molecule has 1 saturated heterocycles. The maximum Gasteiger partial charge on any atom is 0.253 e. The molecule has 4 heterocycles. The number of amides is 1. The molecule has 0 aliphatic carbocycles. The van der Waals surface area contributed by atoms with Gasteiger partial charge in [0.25, 0.3) is 5.91 Å². The van der Waals surface area contributed by atoms with Gasteiger partial charge in [-0.25, -0.2) is 4.98 Å². The minimum atomic E-state index is 0.0352. The average Bonchev–Trinajstić information content (AvgIpc) is 3.36. The first kappa shape index (κ1) is 16.5. The van der Waals surface area contributed by atoms with Gasteiger partial charge in [0.05, 0.1) is 22.8 Å². The summed E-state index contributed by atoms with van der Waals surface area (Å²) in [6.45, 7) is 1.61. The number of piperidine rings is 1. The van der Waals surface area contributed by atoms with E-state index < -0.39 is 0 Å². The van der Waals surface area contributed by atoms with Crippen LogP contribution in [0.1, 0.15) is 35.2 Å². The van der Waals surface area contributed by atoms with Gasteiger partial charge in [0.15, 0.2) is 5.58 Å². The lowest BCUT2D eigenvalue weighted by Gasteiger charge is -2.26. The van der Waals surface area contributed by atoms with E-state index in [0.29, 0.717) is 22.4 Å². The number of rotatable bonds is 2. The number of hydrogen-bond acceptors (Lipinski definition) is 5. The van der Waals surface area contributed by atoms with Gasteiger partial charge < -0.3 is 9.42 Å². The first-order chi connectivity index (χ1) is 13.7. The summed E-state index contributed by atoms with van der Waals surface area (Å²) in [7, 11) is 0. The predicted octanol–water partition coefficient (Wildman–Crippen LogP) is 3.64. The number of nitrogens with zero attached hydrogens (tertiary/aromatic N) is 5. The Morgan fingerprint density at radius 3 is 2.82 bits per heavy atom. The van der Waals surface area contributed by atoms with E-state index in [-0.39, 0.29) is 5.91 Å². The van der Waals surface area contributed by atoms with Gasteiger partial charge in [0.2, 0.25) is 0 Å². The number of benzene rings is 1. The van der Waals surface area contributed by atoms with Crippen molar-refractivity contribution >= 4 is 22.5 Å². The first-order valence-corrected chi connectivity index (χ1v) is 9.31. The van der Waals surface area contributed by atoms with E-state index in [2.05, 4.69) is 16.2 Å². The van der Waals surface area contributed by atoms with Crippen LogP contribution in [0.4, 0.5) is 0 Å². The van der Waals surface area contributed by atoms with E-state index in [9.17, 15) is 4.79 Å². The van der Waals surface area contributed by atoms with Crippen LogP contribution >= 0.6 is 0 Å². The SMILES string of the molecule is N#Cc1ccc2ncc(-c3noc4cc(C(=O)N5CCCCC5)ccc34)n2c1. The van der Waals surface area contributed by atoms with Crippen molar-refractivity contribution in [3.8, 4) is 17.5 Å². The Labute approximate surface area is 160 Å². The Kier molecular flexibility index (Phi) is 3.83. The number of carbonyl (C=O) groups excluding carboxylic acids is 1. The number of hydrogen-bond donors (Lipinski definition) is 0. The highest BCUT2D eigenvalue weighted by molar-refractivity contribution is 6.00. The van der Waals surface area contributed by atoms with Crippen molar-refractivity contribution in [1.29, 1.82) is 5.26 Å². The number of likely N-dealkylation sites (tertiary alicyclic amines) is 1. The third kappa shape index (κ3) is 2.62. The van der Waals surface area contributed by atoms with Crippen molar-refractivity contribution in [2.24, 2.45) is 0 Å². The molecule has 1 fully saturated rings. The summed E-state index contributed by atoms with van der Waals surface area (Å²) < 4.78 is 7.35. The summed E-state index contributed by atoms with van der Waals surface area (Å²) >= 11 is 0. The van der Waals surface area contributed by atoms with Gasteiger partial charge >= 0.3 is 0 Å². The quantitative estimate of drug-likeness (QED) is 0.537. The minimum absolute atomic E-state index is 0.0352. The average molecular weight is 371 g/mol. The Bertz CT molecular complexity index is 1240. The summed E-state index contributed by atoms with van der Waals surface area (Å²) in [6.07, 6.45) is 6.73. The molecule has 0 radical (unpaired) electrons. The Morgan fingerprint density at radius 2 is 2.00 bits per heavy atom. The van der Waals surface area contributed by atoms with Crippen molar-refractivity contribution < 1.29 is 9.32 Å². The summed E-state index contributed by atoms with van der Waals surface area (Å²) in [6, 6.07) is 11.1. The zero-order valence-corrected chi connectivity index (χ0v) is 15.1. The van der Waals surface area contributed by atoms with E-state index in [0.717, 1.165) is 42.7 Å². The van der Waals surface area contributed by atoms with E-state index >= 15 is 0 Å².